The standard InChI is InChI=1S/C15H22N2O3.H2/c1-11-6-7-12(15(19)20-2)14(11)16-13(18)10-17-8-4-3-5-9-17;/h6H,3-5,7-10H2,1-2H3,(H,16,18);1H. The van der Waals surface area contributed by atoms with Gasteiger partial charge in [-0.3, -0.25) is 9.69 Å². The van der Waals surface area contributed by atoms with E-state index in [-0.39, 0.29) is 13.3 Å². The van der Waals surface area contributed by atoms with E-state index in [1.54, 1.807) is 0 Å². The second-order valence-corrected chi connectivity index (χ2v) is 5.32. The molecule has 2 rings (SSSR count). The fraction of sp³-hybridized carbons (Fsp3) is 0.600. The molecule has 2 aliphatic rings. The van der Waals surface area contributed by atoms with E-state index in [0.717, 1.165) is 31.5 Å². The number of nitrogens with zero attached hydrogens (tertiary/aromatic N) is 1. The summed E-state index contributed by atoms with van der Waals surface area (Å²) in [6.07, 6.45) is 6.02. The van der Waals surface area contributed by atoms with Crippen molar-refractivity contribution in [3.8, 4) is 0 Å². The monoisotopic (exact) mass is 280 g/mol. The number of nitrogens with one attached hydrogen (secondary N) is 1. The number of carbonyl (C=O) groups excluding carboxylic acids is 2. The summed E-state index contributed by atoms with van der Waals surface area (Å²) >= 11 is 0. The van der Waals surface area contributed by atoms with Gasteiger partial charge in [-0.05, 0) is 38.4 Å². The van der Waals surface area contributed by atoms with Gasteiger partial charge in [0.2, 0.25) is 5.91 Å². The quantitative estimate of drug-likeness (QED) is 0.795. The molecule has 0 aromatic carbocycles. The largest absolute Gasteiger partial charge is 0.466 e. The molecule has 0 radical (unpaired) electrons. The van der Waals surface area contributed by atoms with E-state index in [4.69, 9.17) is 4.74 Å². The Kier molecular flexibility index (Phi) is 4.95. The van der Waals surface area contributed by atoms with Crippen molar-refractivity contribution in [1.82, 2.24) is 10.2 Å². The summed E-state index contributed by atoms with van der Waals surface area (Å²) in [6.45, 7) is 4.24. The molecule has 1 fully saturated rings. The van der Waals surface area contributed by atoms with E-state index >= 15 is 0 Å². The first-order valence-corrected chi connectivity index (χ1v) is 7.12. The molecule has 1 aliphatic carbocycles. The summed E-state index contributed by atoms with van der Waals surface area (Å²) in [4.78, 5) is 25.9. The van der Waals surface area contributed by atoms with E-state index in [1.807, 2.05) is 13.0 Å². The minimum Gasteiger partial charge on any atom is -0.466 e. The third-order valence-electron chi connectivity index (χ3n) is 3.82. The van der Waals surface area contributed by atoms with Gasteiger partial charge in [-0.15, -0.1) is 0 Å². The molecule has 1 heterocycles. The summed E-state index contributed by atoms with van der Waals surface area (Å²) in [5.41, 5.74) is 2.09. The van der Waals surface area contributed by atoms with Crippen molar-refractivity contribution >= 4 is 11.9 Å². The van der Waals surface area contributed by atoms with Crippen LogP contribution in [0.4, 0.5) is 0 Å². The Morgan fingerprint density at radius 3 is 2.70 bits per heavy atom. The van der Waals surface area contributed by atoms with Crippen molar-refractivity contribution in [3.63, 3.8) is 0 Å². The van der Waals surface area contributed by atoms with Gasteiger partial charge in [-0.1, -0.05) is 12.5 Å². The fourth-order valence-corrected chi connectivity index (χ4v) is 2.68. The number of amides is 1. The maximum Gasteiger partial charge on any atom is 0.336 e. The molecule has 5 nitrogen and oxygen atoms in total. The lowest BCUT2D eigenvalue weighted by Gasteiger charge is -2.25. The van der Waals surface area contributed by atoms with Crippen molar-refractivity contribution in [3.05, 3.63) is 22.9 Å². The van der Waals surface area contributed by atoms with Crippen molar-refractivity contribution in [2.75, 3.05) is 26.7 Å². The number of hydrogen-bond acceptors (Lipinski definition) is 4. The van der Waals surface area contributed by atoms with Gasteiger partial charge in [0.05, 0.1) is 24.9 Å². The van der Waals surface area contributed by atoms with Crippen LogP contribution in [0.25, 0.3) is 0 Å². The highest BCUT2D eigenvalue weighted by Gasteiger charge is 2.23. The maximum absolute atomic E-state index is 12.1. The first-order chi connectivity index (χ1) is 9.61. The molecule has 112 valence electrons. The molecule has 0 bridgehead atoms. The predicted molar refractivity (Wildman–Crippen MR) is 78.0 cm³/mol. The number of hydrogen-bond donors (Lipinski definition) is 1. The number of likely N-dealkylation sites (tertiary alicyclic amines) is 1. The van der Waals surface area contributed by atoms with Gasteiger partial charge in [0.25, 0.3) is 0 Å². The second-order valence-electron chi connectivity index (χ2n) is 5.32. The molecule has 1 aliphatic heterocycles. The third kappa shape index (κ3) is 3.48. The number of methoxy groups -OCH3 is 1. The van der Waals surface area contributed by atoms with Gasteiger partial charge >= 0.3 is 5.97 Å². The number of piperidine rings is 1. The minimum absolute atomic E-state index is 0. The van der Waals surface area contributed by atoms with Gasteiger partial charge < -0.3 is 10.1 Å². The maximum atomic E-state index is 12.1. The van der Waals surface area contributed by atoms with E-state index < -0.39 is 0 Å². The molecule has 20 heavy (non-hydrogen) atoms. The molecule has 0 unspecified atom stereocenters. The van der Waals surface area contributed by atoms with E-state index in [9.17, 15) is 9.59 Å². The predicted octanol–water partition coefficient (Wildman–Crippen LogP) is 1.61. The first kappa shape index (κ1) is 14.8. The zero-order chi connectivity index (χ0) is 14.5. The zero-order valence-corrected chi connectivity index (χ0v) is 12.2. The Labute approximate surface area is 121 Å². The molecule has 0 saturated carbocycles. The lowest BCUT2D eigenvalue weighted by Crippen LogP contribution is -2.39. The highest BCUT2D eigenvalue weighted by atomic mass is 16.5. The average Bonchev–Trinajstić information content (AvgIpc) is 2.80. The summed E-state index contributed by atoms with van der Waals surface area (Å²) in [5, 5.41) is 2.87. The normalized spacial score (nSPS) is 19.8. The highest BCUT2D eigenvalue weighted by molar-refractivity contribution is 5.93. The average molecular weight is 280 g/mol. The molecule has 5 heteroatoms. The molecule has 0 spiro atoms. The minimum atomic E-state index is -0.369. The first-order valence-electron chi connectivity index (χ1n) is 7.12. The Bertz CT molecular complexity index is 466. The molecule has 0 aromatic heterocycles. The van der Waals surface area contributed by atoms with Crippen LogP contribution in [0, 0.1) is 0 Å². The highest BCUT2D eigenvalue weighted by Crippen LogP contribution is 2.24. The van der Waals surface area contributed by atoms with Gasteiger partial charge in [0.1, 0.15) is 0 Å². The molecule has 1 saturated heterocycles. The Morgan fingerprint density at radius 1 is 1.35 bits per heavy atom. The van der Waals surface area contributed by atoms with Crippen LogP contribution < -0.4 is 5.32 Å². The van der Waals surface area contributed by atoms with Crippen LogP contribution in [-0.4, -0.2) is 43.5 Å². The molecular formula is C15H24N2O3. The molecule has 1 amide bonds. The zero-order valence-electron chi connectivity index (χ0n) is 12.2. The van der Waals surface area contributed by atoms with Crippen LogP contribution in [-0.2, 0) is 14.3 Å². The lowest BCUT2D eigenvalue weighted by atomic mass is 10.1. The van der Waals surface area contributed by atoms with Crippen LogP contribution in [0.5, 0.6) is 0 Å². The summed E-state index contributed by atoms with van der Waals surface area (Å²) < 4.78 is 4.75. The van der Waals surface area contributed by atoms with E-state index in [0.29, 0.717) is 24.2 Å². The Balaban J connectivity index is 0.00000220. The molecule has 0 aromatic rings. The summed E-state index contributed by atoms with van der Waals surface area (Å²) in [5.74, 6) is -0.427. The Morgan fingerprint density at radius 2 is 2.05 bits per heavy atom. The fourth-order valence-electron chi connectivity index (χ4n) is 2.68. The molecule has 0 atom stereocenters. The number of allylic oxidation sites excluding steroid dienone is 2. The van der Waals surface area contributed by atoms with Crippen LogP contribution in [0.2, 0.25) is 0 Å². The van der Waals surface area contributed by atoms with Crippen molar-refractivity contribution < 1.29 is 15.8 Å². The van der Waals surface area contributed by atoms with Crippen molar-refractivity contribution in [2.24, 2.45) is 0 Å². The van der Waals surface area contributed by atoms with E-state index in [1.165, 1.54) is 13.5 Å². The van der Waals surface area contributed by atoms with Crippen LogP contribution >= 0.6 is 0 Å². The molecule has 1 N–H and O–H groups in total. The van der Waals surface area contributed by atoms with Crippen LogP contribution in [0.15, 0.2) is 22.9 Å². The lowest BCUT2D eigenvalue weighted by molar-refractivity contribution is -0.136. The van der Waals surface area contributed by atoms with Gasteiger partial charge in [-0.2, -0.15) is 0 Å². The summed E-state index contributed by atoms with van der Waals surface area (Å²) in [7, 11) is 1.36. The number of carbonyl (C=O) groups is 2. The van der Waals surface area contributed by atoms with Crippen LogP contribution in [0.1, 0.15) is 34.0 Å². The number of rotatable bonds is 4. The van der Waals surface area contributed by atoms with Gasteiger partial charge in [0, 0.05) is 7.85 Å². The van der Waals surface area contributed by atoms with E-state index in [2.05, 4.69) is 10.2 Å². The summed E-state index contributed by atoms with van der Waals surface area (Å²) in [6, 6.07) is 0. The van der Waals surface area contributed by atoms with Crippen molar-refractivity contribution in [2.45, 2.75) is 32.6 Å². The van der Waals surface area contributed by atoms with Crippen molar-refractivity contribution in [1.29, 1.82) is 0 Å². The number of esters is 1. The van der Waals surface area contributed by atoms with Gasteiger partial charge in [0.15, 0.2) is 0 Å². The Hall–Kier alpha value is -1.62. The topological polar surface area (TPSA) is 58.6 Å². The van der Waals surface area contributed by atoms with Crippen LogP contribution in [0.3, 0.4) is 0 Å². The smallest absolute Gasteiger partial charge is 0.336 e. The third-order valence-corrected chi connectivity index (χ3v) is 3.82. The number of ether oxygens (including phenoxy) is 1. The SMILES string of the molecule is COC(=O)C1=C(NC(=O)CN2CCCCC2)C(C)=CC1.[HH]. The van der Waals surface area contributed by atoms with Gasteiger partial charge in [-0.25, -0.2) is 4.79 Å². The molecular weight excluding hydrogens is 256 g/mol. The second kappa shape index (κ2) is 6.70.